The van der Waals surface area contributed by atoms with Crippen LogP contribution in [-0.4, -0.2) is 11.6 Å². The molecule has 0 spiro atoms. The SMILES string of the molecule is Cc1cnc2c(OC(F)F)cc(Br)cc2c1. The minimum Gasteiger partial charge on any atom is -0.432 e. The molecule has 84 valence electrons. The molecule has 2 rings (SSSR count). The Balaban J connectivity index is 2.63. The van der Waals surface area contributed by atoms with Gasteiger partial charge in [-0.05, 0) is 30.7 Å². The van der Waals surface area contributed by atoms with Gasteiger partial charge in [-0.15, -0.1) is 0 Å². The van der Waals surface area contributed by atoms with Gasteiger partial charge in [-0.1, -0.05) is 15.9 Å². The Morgan fingerprint density at radius 1 is 1.31 bits per heavy atom. The van der Waals surface area contributed by atoms with E-state index in [1.54, 1.807) is 6.20 Å². The van der Waals surface area contributed by atoms with E-state index in [0.717, 1.165) is 10.9 Å². The number of ether oxygens (including phenoxy) is 1. The first-order chi connectivity index (χ1) is 7.56. The first-order valence-corrected chi connectivity index (χ1v) is 5.36. The zero-order chi connectivity index (χ0) is 11.7. The molecule has 5 heteroatoms. The van der Waals surface area contributed by atoms with Crippen molar-refractivity contribution in [3.05, 3.63) is 34.4 Å². The fraction of sp³-hybridized carbons (Fsp3) is 0.182. The number of fused-ring (bicyclic) bond motifs is 1. The van der Waals surface area contributed by atoms with Gasteiger partial charge in [0.15, 0.2) is 5.75 Å². The lowest BCUT2D eigenvalue weighted by molar-refractivity contribution is -0.0489. The van der Waals surface area contributed by atoms with Crippen LogP contribution < -0.4 is 4.74 Å². The zero-order valence-electron chi connectivity index (χ0n) is 8.38. The van der Waals surface area contributed by atoms with Crippen molar-refractivity contribution in [3.8, 4) is 5.75 Å². The third kappa shape index (κ3) is 2.29. The molecular weight excluding hydrogens is 280 g/mol. The van der Waals surface area contributed by atoms with Crippen LogP contribution in [0.1, 0.15) is 5.56 Å². The van der Waals surface area contributed by atoms with Crippen molar-refractivity contribution in [2.24, 2.45) is 0 Å². The molecule has 1 heterocycles. The summed E-state index contributed by atoms with van der Waals surface area (Å²) in [6.07, 6.45) is 1.62. The van der Waals surface area contributed by atoms with E-state index in [1.165, 1.54) is 6.07 Å². The molecule has 2 nitrogen and oxygen atoms in total. The van der Waals surface area contributed by atoms with Gasteiger partial charge >= 0.3 is 6.61 Å². The number of aryl methyl sites for hydroxylation is 1. The van der Waals surface area contributed by atoms with Crippen molar-refractivity contribution in [2.75, 3.05) is 0 Å². The largest absolute Gasteiger partial charge is 0.432 e. The topological polar surface area (TPSA) is 22.1 Å². The van der Waals surface area contributed by atoms with E-state index in [2.05, 4.69) is 25.7 Å². The quantitative estimate of drug-likeness (QED) is 0.836. The van der Waals surface area contributed by atoms with Crippen molar-refractivity contribution in [3.63, 3.8) is 0 Å². The van der Waals surface area contributed by atoms with E-state index >= 15 is 0 Å². The van der Waals surface area contributed by atoms with Crippen molar-refractivity contribution in [1.29, 1.82) is 0 Å². The summed E-state index contributed by atoms with van der Waals surface area (Å²) in [5.41, 5.74) is 1.41. The highest BCUT2D eigenvalue weighted by Gasteiger charge is 2.10. The number of aromatic nitrogens is 1. The van der Waals surface area contributed by atoms with Crippen LogP contribution in [0.2, 0.25) is 0 Å². The normalized spacial score (nSPS) is 11.1. The Morgan fingerprint density at radius 2 is 2.06 bits per heavy atom. The van der Waals surface area contributed by atoms with Gasteiger partial charge < -0.3 is 4.74 Å². The standard InChI is InChI=1S/C11H8BrF2NO/c1-6-2-7-3-8(12)4-9(16-11(13)14)10(7)15-5-6/h2-5,11H,1H3. The molecule has 0 atom stereocenters. The summed E-state index contributed by atoms with van der Waals surface area (Å²) in [4.78, 5) is 4.10. The van der Waals surface area contributed by atoms with Gasteiger partial charge in [-0.25, -0.2) is 0 Å². The molecule has 0 fully saturated rings. The molecule has 0 saturated heterocycles. The predicted octanol–water partition coefficient (Wildman–Crippen LogP) is 3.91. The lowest BCUT2D eigenvalue weighted by atomic mass is 10.1. The molecule has 1 aromatic heterocycles. The second-order valence-corrected chi connectivity index (χ2v) is 4.28. The first kappa shape index (κ1) is 11.3. The molecule has 0 unspecified atom stereocenters. The minimum atomic E-state index is -2.85. The summed E-state index contributed by atoms with van der Waals surface area (Å²) >= 11 is 3.25. The van der Waals surface area contributed by atoms with Gasteiger partial charge in [0.05, 0.1) is 0 Å². The predicted molar refractivity (Wildman–Crippen MR) is 60.8 cm³/mol. The summed E-state index contributed by atoms with van der Waals surface area (Å²) < 4.78 is 29.5. The lowest BCUT2D eigenvalue weighted by Crippen LogP contribution is -2.03. The van der Waals surface area contributed by atoms with Gasteiger partial charge in [-0.2, -0.15) is 8.78 Å². The lowest BCUT2D eigenvalue weighted by Gasteiger charge is -2.08. The third-order valence-electron chi connectivity index (χ3n) is 2.07. The Hall–Kier alpha value is -1.23. The maximum Gasteiger partial charge on any atom is 0.387 e. The Labute approximate surface area is 99.4 Å². The average molecular weight is 288 g/mol. The molecule has 0 aliphatic heterocycles. The van der Waals surface area contributed by atoms with Gasteiger partial charge in [0.2, 0.25) is 0 Å². The van der Waals surface area contributed by atoms with Crippen LogP contribution >= 0.6 is 15.9 Å². The molecule has 0 aliphatic rings. The molecular formula is C11H8BrF2NO. The molecule has 2 aromatic rings. The van der Waals surface area contributed by atoms with Crippen LogP contribution in [0.3, 0.4) is 0 Å². The van der Waals surface area contributed by atoms with Crippen LogP contribution in [0.25, 0.3) is 10.9 Å². The number of halogens is 3. The van der Waals surface area contributed by atoms with E-state index in [9.17, 15) is 8.78 Å². The fourth-order valence-electron chi connectivity index (χ4n) is 1.48. The highest BCUT2D eigenvalue weighted by atomic mass is 79.9. The summed E-state index contributed by atoms with van der Waals surface area (Å²) in [6, 6.07) is 5.16. The van der Waals surface area contributed by atoms with E-state index < -0.39 is 6.61 Å². The highest BCUT2D eigenvalue weighted by Crippen LogP contribution is 2.30. The summed E-state index contributed by atoms with van der Waals surface area (Å²) in [7, 11) is 0. The highest BCUT2D eigenvalue weighted by molar-refractivity contribution is 9.10. The van der Waals surface area contributed by atoms with E-state index in [-0.39, 0.29) is 5.75 Å². The molecule has 16 heavy (non-hydrogen) atoms. The number of hydrogen-bond donors (Lipinski definition) is 0. The van der Waals surface area contributed by atoms with Crippen molar-refractivity contribution in [1.82, 2.24) is 4.98 Å². The smallest absolute Gasteiger partial charge is 0.387 e. The van der Waals surface area contributed by atoms with Crippen LogP contribution in [-0.2, 0) is 0 Å². The number of rotatable bonds is 2. The van der Waals surface area contributed by atoms with Gasteiger partial charge in [0.1, 0.15) is 5.52 Å². The molecule has 0 radical (unpaired) electrons. The van der Waals surface area contributed by atoms with Gasteiger partial charge in [0.25, 0.3) is 0 Å². The molecule has 0 aliphatic carbocycles. The number of benzene rings is 1. The zero-order valence-corrected chi connectivity index (χ0v) is 9.96. The van der Waals surface area contributed by atoms with E-state index in [4.69, 9.17) is 0 Å². The monoisotopic (exact) mass is 287 g/mol. The first-order valence-electron chi connectivity index (χ1n) is 4.57. The summed E-state index contributed by atoms with van der Waals surface area (Å²) in [6.45, 7) is -0.957. The summed E-state index contributed by atoms with van der Waals surface area (Å²) in [5.74, 6) is 0.0828. The molecule has 0 saturated carbocycles. The molecule has 0 N–H and O–H groups in total. The maximum atomic E-state index is 12.2. The van der Waals surface area contributed by atoms with Crippen LogP contribution in [0.5, 0.6) is 5.75 Å². The van der Waals surface area contributed by atoms with Crippen LogP contribution in [0.4, 0.5) is 8.78 Å². The van der Waals surface area contributed by atoms with Crippen LogP contribution in [0.15, 0.2) is 28.9 Å². The van der Waals surface area contributed by atoms with Crippen molar-refractivity contribution >= 4 is 26.8 Å². The van der Waals surface area contributed by atoms with E-state index in [0.29, 0.717) is 9.99 Å². The number of hydrogen-bond acceptors (Lipinski definition) is 2. The number of nitrogens with zero attached hydrogens (tertiary/aromatic N) is 1. The van der Waals surface area contributed by atoms with Crippen molar-refractivity contribution < 1.29 is 13.5 Å². The average Bonchev–Trinajstić information content (AvgIpc) is 2.15. The fourth-order valence-corrected chi connectivity index (χ4v) is 1.93. The molecule has 0 amide bonds. The summed E-state index contributed by atoms with van der Waals surface area (Å²) in [5, 5.41) is 0.769. The third-order valence-corrected chi connectivity index (χ3v) is 2.52. The Kier molecular flexibility index (Phi) is 3.05. The Morgan fingerprint density at radius 3 is 2.75 bits per heavy atom. The Bertz CT molecular complexity index is 525. The van der Waals surface area contributed by atoms with E-state index in [1.807, 2.05) is 19.1 Å². The molecule has 0 bridgehead atoms. The van der Waals surface area contributed by atoms with Crippen LogP contribution in [0, 0.1) is 6.92 Å². The van der Waals surface area contributed by atoms with Gasteiger partial charge in [-0.3, -0.25) is 4.98 Å². The second kappa shape index (κ2) is 4.33. The van der Waals surface area contributed by atoms with Crippen molar-refractivity contribution in [2.45, 2.75) is 13.5 Å². The maximum absolute atomic E-state index is 12.2. The number of pyridine rings is 1. The molecule has 1 aromatic carbocycles. The minimum absolute atomic E-state index is 0.0828. The second-order valence-electron chi connectivity index (χ2n) is 3.37. The number of alkyl halides is 2. The van der Waals surface area contributed by atoms with Gasteiger partial charge in [0, 0.05) is 16.1 Å².